The third kappa shape index (κ3) is 23.3. The zero-order valence-electron chi connectivity index (χ0n) is 64.2. The molecule has 5 N–H and O–H groups in total. The molecule has 0 aliphatic carbocycles. The summed E-state index contributed by atoms with van der Waals surface area (Å²) in [6, 6.07) is -6.34. The number of rotatable bonds is 25. The van der Waals surface area contributed by atoms with Crippen LogP contribution in [0.2, 0.25) is 0 Å². The van der Waals surface area contributed by atoms with Crippen molar-refractivity contribution < 1.29 is 57.8 Å². The maximum atomic E-state index is 15.8. The number of aliphatic hydroxyl groups is 1. The number of allylic oxidation sites excluding steroid dienone is 1. The highest BCUT2D eigenvalue weighted by atomic mass is 16.3. The minimum absolute atomic E-state index is 0.00533. The van der Waals surface area contributed by atoms with Crippen molar-refractivity contribution in [1.29, 1.82) is 0 Å². The third-order valence-electron chi connectivity index (χ3n) is 19.7. The second-order valence-electron chi connectivity index (χ2n) is 30.3. The molecule has 0 radical (unpaired) electrons. The van der Waals surface area contributed by atoms with Gasteiger partial charge in [-0.05, 0) is 158 Å². The van der Waals surface area contributed by atoms with E-state index in [0.29, 0.717) is 44.8 Å². The van der Waals surface area contributed by atoms with Crippen LogP contribution in [0, 0.1) is 47.3 Å². The number of hydrogen-bond acceptors (Lipinski definition) is 17. The molecule has 0 aromatic carbocycles. The third-order valence-corrected chi connectivity index (χ3v) is 19.7. The predicted molar refractivity (Wildman–Crippen MR) is 382 cm³/mol. The van der Waals surface area contributed by atoms with Crippen molar-refractivity contribution in [3.8, 4) is 0 Å². The fourth-order valence-electron chi connectivity index (χ4n) is 13.3. The van der Waals surface area contributed by atoms with Crippen LogP contribution in [-0.2, 0) is 59.3 Å². The van der Waals surface area contributed by atoms with Crippen molar-refractivity contribution in [1.82, 2.24) is 65.5 Å². The largest absolute Gasteiger partial charge is 0.396 e. The van der Waals surface area contributed by atoms with E-state index < -0.39 is 124 Å². The molecule has 1 aromatic rings. The fraction of sp³-hybridized carbons (Fsp3) is 0.753. The van der Waals surface area contributed by atoms with Crippen LogP contribution >= 0.6 is 0 Å². The van der Waals surface area contributed by atoms with Gasteiger partial charge in [0.1, 0.15) is 41.9 Å². The van der Waals surface area contributed by atoms with Crippen LogP contribution in [0.4, 0.5) is 0 Å². The lowest BCUT2D eigenvalue weighted by Gasteiger charge is -2.49. The molecule has 1 aliphatic heterocycles. The molecular weight excluding hydrogens is 1250 g/mol. The van der Waals surface area contributed by atoms with Gasteiger partial charge >= 0.3 is 0 Å². The van der Waals surface area contributed by atoms with E-state index in [1.165, 1.54) is 97.4 Å². The molecule has 1 saturated heterocycles. The van der Waals surface area contributed by atoms with Gasteiger partial charge in [-0.2, -0.15) is 0 Å². The average Bonchev–Trinajstić information content (AvgIpc) is 0.777. The number of carbonyl (C=O) groups is 11. The first-order valence-electron chi connectivity index (χ1n) is 35.3. The molecule has 2 heterocycles. The van der Waals surface area contributed by atoms with E-state index in [1.54, 1.807) is 66.2 Å². The van der Waals surface area contributed by atoms with Gasteiger partial charge in [0.2, 0.25) is 47.3 Å². The monoisotopic (exact) mass is 1380 g/mol. The van der Waals surface area contributed by atoms with Gasteiger partial charge < -0.3 is 50.0 Å². The summed E-state index contributed by atoms with van der Waals surface area (Å²) in [5, 5.41) is 22.7. The summed E-state index contributed by atoms with van der Waals surface area (Å²) in [4.78, 5) is 179. The number of hydrogen-bond donors (Lipinski definition) is 5. The van der Waals surface area contributed by atoms with Crippen molar-refractivity contribution in [2.45, 2.75) is 241 Å². The number of aldehydes is 3. The average molecular weight is 1380 g/mol. The molecule has 2 rings (SSSR count). The van der Waals surface area contributed by atoms with Gasteiger partial charge in [0.15, 0.2) is 30.2 Å². The second-order valence-corrected chi connectivity index (χ2v) is 30.3. The highest BCUT2D eigenvalue weighted by Gasteiger charge is 2.51. The summed E-state index contributed by atoms with van der Waals surface area (Å²) < 4.78 is 0. The summed E-state index contributed by atoms with van der Waals surface area (Å²) in [5.74, 6) is -7.75. The molecule has 1 fully saturated rings. The standard InChI is InChI=1S/C73H127N13O12/c1-26-57-67(95)80(19)54(16)66(94)85(24)72(44-89,40-48(6)7)77-61(50(10)11)69(97)81(20)58(29-27-46(2)3)64(92)78-71(17,43-88)76-53(15)65(93)86(25)73(45-90,41-49(8)9)84(23)59(30-28-47(4)5)68(96)83(22)62(51(12)13)70(98)82(21)60(63(91)75-57)39-56(34-38-87)52(14)33-37-79(18)42-55-31-35-74-36-32-55/h28,30-32,35-36,43-54,56-62,76-77,87H,26-27,29,33-34,37-42H2,1-25H3,(H,75,91)(H,78,92). The number of carbonyl (C=O) groups excluding carboxylic acids is 11. The first kappa shape index (κ1) is 87.5. The molecule has 1 aliphatic rings. The van der Waals surface area contributed by atoms with E-state index in [-0.39, 0.29) is 80.6 Å². The molecule has 0 bridgehead atoms. The van der Waals surface area contributed by atoms with Crippen LogP contribution in [0.15, 0.2) is 36.7 Å². The Morgan fingerprint density at radius 2 is 1.21 bits per heavy atom. The van der Waals surface area contributed by atoms with Gasteiger partial charge in [-0.25, -0.2) is 0 Å². The Kier molecular flexibility index (Phi) is 35.2. The zero-order valence-corrected chi connectivity index (χ0v) is 64.2. The van der Waals surface area contributed by atoms with Crippen molar-refractivity contribution in [3.63, 3.8) is 0 Å². The molecular formula is C73H127N13O12. The van der Waals surface area contributed by atoms with Gasteiger partial charge in [0.05, 0.1) is 12.1 Å². The smallest absolute Gasteiger partial charge is 0.246 e. The normalized spacial score (nSPS) is 27.8. The second kappa shape index (κ2) is 39.5. The lowest BCUT2D eigenvalue weighted by molar-refractivity contribution is -0.162. The minimum atomic E-state index is -1.98. The molecule has 1 aromatic heterocycles. The first-order valence-corrected chi connectivity index (χ1v) is 35.3. The number of aliphatic hydroxyl groups excluding tert-OH is 1. The molecule has 0 spiro atoms. The van der Waals surface area contributed by atoms with Crippen LogP contribution in [0.25, 0.3) is 0 Å². The summed E-state index contributed by atoms with van der Waals surface area (Å²) in [7, 11) is 12.2. The Bertz CT molecular complexity index is 2820. The summed E-state index contributed by atoms with van der Waals surface area (Å²) >= 11 is 0. The lowest BCUT2D eigenvalue weighted by Crippen LogP contribution is -2.70. The van der Waals surface area contributed by atoms with Crippen LogP contribution in [-0.4, -0.2) is 250 Å². The highest BCUT2D eigenvalue weighted by Crippen LogP contribution is 2.33. The number of likely N-dealkylation sites (N-methyl/N-ethyl adjacent to an activating group) is 7. The van der Waals surface area contributed by atoms with Crippen LogP contribution in [0.5, 0.6) is 0 Å². The maximum Gasteiger partial charge on any atom is 0.246 e. The number of amides is 8. The zero-order chi connectivity index (χ0) is 75.2. The highest BCUT2D eigenvalue weighted by molar-refractivity contribution is 5.97. The number of nitrogens with one attached hydrogen (secondary N) is 4. The number of aromatic nitrogens is 1. The molecule has 0 saturated carbocycles. The lowest BCUT2D eigenvalue weighted by atomic mass is 9.82. The molecule has 556 valence electrons. The fourth-order valence-corrected chi connectivity index (χ4v) is 13.3. The SMILES string of the molecule is CCC1NC(=O)C(CC(CCO)C(C)CCN(C)Cc2ccncc2)N(C)C(=O)C(C(C)C)N(C)C(=O)C(C=CC(C)C)N(C)C(C=O)(CC(C)C)N(C)C(=O)C(C)NC(C)(C=O)NC(=O)C(CCC(C)C)N(C)C(=O)C(C(C)C)NC(C=O)(CC(C)C)N(C)C(=O)C(C)N(C)C1=O. The summed E-state index contributed by atoms with van der Waals surface area (Å²) in [6.07, 6.45) is 9.96. The van der Waals surface area contributed by atoms with Crippen LogP contribution in [0.1, 0.15) is 175 Å². The van der Waals surface area contributed by atoms with Gasteiger partial charge in [0, 0.05) is 67.8 Å². The first-order chi connectivity index (χ1) is 45.5. The Morgan fingerprint density at radius 3 is 1.70 bits per heavy atom. The number of nitrogens with zero attached hydrogens (tertiary/aromatic N) is 9. The van der Waals surface area contributed by atoms with Crippen molar-refractivity contribution in [2.75, 3.05) is 69.5 Å². The topological polar surface area (TPSA) is 295 Å². The molecule has 25 heteroatoms. The molecule has 25 nitrogen and oxygen atoms in total. The molecule has 13 unspecified atom stereocenters. The Morgan fingerprint density at radius 1 is 0.633 bits per heavy atom. The van der Waals surface area contributed by atoms with E-state index >= 15 is 33.6 Å². The van der Waals surface area contributed by atoms with Gasteiger partial charge in [-0.3, -0.25) is 73.3 Å². The van der Waals surface area contributed by atoms with Crippen molar-refractivity contribution in [3.05, 3.63) is 42.2 Å². The van der Waals surface area contributed by atoms with Gasteiger partial charge in [-0.1, -0.05) is 109 Å². The Hall–Kier alpha value is -6.54. The summed E-state index contributed by atoms with van der Waals surface area (Å²) in [6.45, 7) is 31.2. The van der Waals surface area contributed by atoms with E-state index in [2.05, 4.69) is 31.2 Å². The van der Waals surface area contributed by atoms with Crippen LogP contribution < -0.4 is 21.3 Å². The van der Waals surface area contributed by atoms with Crippen molar-refractivity contribution >= 4 is 66.1 Å². The van der Waals surface area contributed by atoms with E-state index in [0.717, 1.165) is 5.56 Å². The molecule has 8 amide bonds. The Labute approximate surface area is 587 Å². The molecule has 98 heavy (non-hydrogen) atoms. The van der Waals surface area contributed by atoms with Gasteiger partial charge in [-0.15, -0.1) is 0 Å². The van der Waals surface area contributed by atoms with Crippen LogP contribution in [0.3, 0.4) is 0 Å². The van der Waals surface area contributed by atoms with E-state index in [9.17, 15) is 24.3 Å². The van der Waals surface area contributed by atoms with Gasteiger partial charge in [0.25, 0.3) is 0 Å². The quantitative estimate of drug-likeness (QED) is 0.0621. The Balaban J connectivity index is 3.23. The maximum absolute atomic E-state index is 15.8. The van der Waals surface area contributed by atoms with E-state index in [1.807, 2.05) is 81.5 Å². The van der Waals surface area contributed by atoms with Crippen molar-refractivity contribution in [2.24, 2.45) is 47.3 Å². The summed E-state index contributed by atoms with van der Waals surface area (Å²) in [5.41, 5.74) is -4.68. The molecule has 13 atom stereocenters. The predicted octanol–water partition coefficient (Wildman–Crippen LogP) is 5.19. The minimum Gasteiger partial charge on any atom is -0.396 e. The number of pyridine rings is 1. The van der Waals surface area contributed by atoms with E-state index in [4.69, 9.17) is 0 Å².